The first-order valence-electron chi connectivity index (χ1n) is 7.70. The fourth-order valence-electron chi connectivity index (χ4n) is 2.86. The van der Waals surface area contributed by atoms with Crippen LogP contribution in [0.4, 0.5) is 15.8 Å². The molecule has 2 aromatic carbocycles. The first-order chi connectivity index (χ1) is 11.0. The topological polar surface area (TPSA) is 49.6 Å². The van der Waals surface area contributed by atoms with Gasteiger partial charge in [-0.15, -0.1) is 24.8 Å². The second-order valence-electron chi connectivity index (χ2n) is 5.83. The molecule has 0 atom stereocenters. The van der Waals surface area contributed by atoms with Crippen molar-refractivity contribution in [1.29, 1.82) is 0 Å². The molecule has 1 saturated heterocycles. The standard InChI is InChI=1S/C18H20FN3O.2ClH/c1-13-2-5-15(20)12-17(13)18(23)22-10-8-21(9-11-22)16-6-3-14(19)4-7-16;;/h2-7,12H,8-11,20H2,1H3;2*1H. The maximum Gasteiger partial charge on any atom is 0.254 e. The van der Waals surface area contributed by atoms with E-state index < -0.39 is 0 Å². The van der Waals surface area contributed by atoms with Crippen LogP contribution in [-0.2, 0) is 0 Å². The van der Waals surface area contributed by atoms with Gasteiger partial charge >= 0.3 is 0 Å². The molecule has 0 aliphatic carbocycles. The summed E-state index contributed by atoms with van der Waals surface area (Å²) in [6.45, 7) is 4.67. The summed E-state index contributed by atoms with van der Waals surface area (Å²) in [4.78, 5) is 16.7. The average Bonchev–Trinajstić information content (AvgIpc) is 2.57. The van der Waals surface area contributed by atoms with E-state index in [9.17, 15) is 9.18 Å². The molecule has 0 radical (unpaired) electrons. The van der Waals surface area contributed by atoms with Crippen molar-refractivity contribution < 1.29 is 9.18 Å². The van der Waals surface area contributed by atoms with Gasteiger partial charge in [0.05, 0.1) is 0 Å². The Labute approximate surface area is 159 Å². The molecule has 0 unspecified atom stereocenters. The smallest absolute Gasteiger partial charge is 0.254 e. The summed E-state index contributed by atoms with van der Waals surface area (Å²) in [5, 5.41) is 0. The molecule has 136 valence electrons. The lowest BCUT2D eigenvalue weighted by atomic mass is 10.1. The van der Waals surface area contributed by atoms with E-state index in [1.54, 1.807) is 24.3 Å². The van der Waals surface area contributed by atoms with Crippen LogP contribution in [-0.4, -0.2) is 37.0 Å². The minimum atomic E-state index is -0.236. The summed E-state index contributed by atoms with van der Waals surface area (Å²) in [7, 11) is 0. The maximum absolute atomic E-state index is 13.0. The van der Waals surface area contributed by atoms with Gasteiger partial charge in [-0.3, -0.25) is 4.79 Å². The Morgan fingerprint density at radius 2 is 1.60 bits per heavy atom. The monoisotopic (exact) mass is 385 g/mol. The normalized spacial score (nSPS) is 13.7. The summed E-state index contributed by atoms with van der Waals surface area (Å²) in [6.07, 6.45) is 0. The van der Waals surface area contributed by atoms with Gasteiger partial charge in [0.2, 0.25) is 0 Å². The summed E-state index contributed by atoms with van der Waals surface area (Å²) in [5.74, 6) is -0.215. The highest BCUT2D eigenvalue weighted by molar-refractivity contribution is 5.96. The lowest BCUT2D eigenvalue weighted by Gasteiger charge is -2.36. The molecular formula is C18H22Cl2FN3O. The van der Waals surface area contributed by atoms with Crippen molar-refractivity contribution in [3.05, 3.63) is 59.4 Å². The zero-order valence-corrected chi connectivity index (χ0v) is 15.6. The number of hydrogen-bond donors (Lipinski definition) is 1. The third-order valence-electron chi connectivity index (χ3n) is 4.25. The molecule has 1 aliphatic rings. The molecule has 7 heteroatoms. The van der Waals surface area contributed by atoms with Gasteiger partial charge in [0.25, 0.3) is 5.91 Å². The van der Waals surface area contributed by atoms with Crippen LogP contribution in [0, 0.1) is 12.7 Å². The van der Waals surface area contributed by atoms with Gasteiger partial charge in [-0.2, -0.15) is 0 Å². The number of nitrogens with two attached hydrogens (primary N) is 1. The minimum Gasteiger partial charge on any atom is -0.399 e. The molecule has 3 rings (SSSR count). The number of piperazine rings is 1. The highest BCUT2D eigenvalue weighted by Crippen LogP contribution is 2.19. The third-order valence-corrected chi connectivity index (χ3v) is 4.25. The Morgan fingerprint density at radius 1 is 1.00 bits per heavy atom. The first kappa shape index (κ1) is 21.1. The molecule has 0 spiro atoms. The van der Waals surface area contributed by atoms with Crippen molar-refractivity contribution in [1.82, 2.24) is 4.90 Å². The molecule has 1 amide bonds. The predicted octanol–water partition coefficient (Wildman–Crippen LogP) is 3.52. The van der Waals surface area contributed by atoms with E-state index >= 15 is 0 Å². The van der Waals surface area contributed by atoms with E-state index in [-0.39, 0.29) is 36.5 Å². The number of aryl methyl sites for hydroxylation is 1. The number of benzene rings is 2. The number of carbonyl (C=O) groups is 1. The number of nitrogen functional groups attached to an aromatic ring is 1. The zero-order chi connectivity index (χ0) is 16.4. The molecule has 2 aromatic rings. The van der Waals surface area contributed by atoms with E-state index in [1.807, 2.05) is 17.9 Å². The highest BCUT2D eigenvalue weighted by atomic mass is 35.5. The maximum atomic E-state index is 13.0. The van der Waals surface area contributed by atoms with Crippen molar-refractivity contribution in [2.75, 3.05) is 36.8 Å². The number of halogens is 3. The number of anilines is 2. The average molecular weight is 386 g/mol. The van der Waals surface area contributed by atoms with Crippen molar-refractivity contribution in [3.8, 4) is 0 Å². The summed E-state index contributed by atoms with van der Waals surface area (Å²) >= 11 is 0. The van der Waals surface area contributed by atoms with Gasteiger partial charge in [-0.1, -0.05) is 6.07 Å². The predicted molar refractivity (Wildman–Crippen MR) is 105 cm³/mol. The Hall–Kier alpha value is -1.98. The van der Waals surface area contributed by atoms with E-state index in [4.69, 9.17) is 5.73 Å². The number of carbonyl (C=O) groups excluding carboxylic acids is 1. The Bertz CT molecular complexity index is 717. The lowest BCUT2D eigenvalue weighted by Crippen LogP contribution is -2.49. The number of hydrogen-bond acceptors (Lipinski definition) is 3. The van der Waals surface area contributed by atoms with Crippen LogP contribution in [0.1, 0.15) is 15.9 Å². The van der Waals surface area contributed by atoms with Crippen LogP contribution in [0.15, 0.2) is 42.5 Å². The molecule has 0 saturated carbocycles. The fourth-order valence-corrected chi connectivity index (χ4v) is 2.86. The molecule has 25 heavy (non-hydrogen) atoms. The molecule has 1 heterocycles. The second-order valence-corrected chi connectivity index (χ2v) is 5.83. The quantitative estimate of drug-likeness (QED) is 0.804. The van der Waals surface area contributed by atoms with E-state index in [0.717, 1.165) is 24.3 Å². The van der Waals surface area contributed by atoms with Gasteiger partial charge in [-0.05, 0) is 48.9 Å². The van der Waals surface area contributed by atoms with Crippen LogP contribution in [0.3, 0.4) is 0 Å². The van der Waals surface area contributed by atoms with E-state index in [0.29, 0.717) is 24.3 Å². The second kappa shape index (κ2) is 8.92. The molecule has 0 aromatic heterocycles. The van der Waals surface area contributed by atoms with Crippen molar-refractivity contribution in [2.24, 2.45) is 0 Å². The Morgan fingerprint density at radius 3 is 2.20 bits per heavy atom. The van der Waals surface area contributed by atoms with E-state index in [2.05, 4.69) is 4.90 Å². The molecule has 1 fully saturated rings. The number of nitrogens with zero attached hydrogens (tertiary/aromatic N) is 2. The number of amides is 1. The fraction of sp³-hybridized carbons (Fsp3) is 0.278. The molecule has 2 N–H and O–H groups in total. The van der Waals surface area contributed by atoms with E-state index in [1.165, 1.54) is 12.1 Å². The van der Waals surface area contributed by atoms with Gasteiger partial charge in [0.1, 0.15) is 5.82 Å². The van der Waals surface area contributed by atoms with Gasteiger partial charge < -0.3 is 15.5 Å². The van der Waals surface area contributed by atoms with Crippen LogP contribution < -0.4 is 10.6 Å². The zero-order valence-electron chi connectivity index (χ0n) is 13.9. The molecule has 1 aliphatic heterocycles. The molecule has 0 bridgehead atoms. The largest absolute Gasteiger partial charge is 0.399 e. The summed E-state index contributed by atoms with van der Waals surface area (Å²) < 4.78 is 13.0. The van der Waals surface area contributed by atoms with Gasteiger partial charge in [0.15, 0.2) is 0 Å². The molecular weight excluding hydrogens is 364 g/mol. The Kier molecular flexibility index (Phi) is 7.52. The SMILES string of the molecule is Cc1ccc(N)cc1C(=O)N1CCN(c2ccc(F)cc2)CC1.Cl.Cl. The van der Waals surface area contributed by atoms with Gasteiger partial charge in [-0.25, -0.2) is 4.39 Å². The minimum absolute atomic E-state index is 0. The van der Waals surface area contributed by atoms with Crippen LogP contribution >= 0.6 is 24.8 Å². The lowest BCUT2D eigenvalue weighted by molar-refractivity contribution is 0.0746. The van der Waals surface area contributed by atoms with Crippen LogP contribution in [0.2, 0.25) is 0 Å². The summed E-state index contributed by atoms with van der Waals surface area (Å²) in [5.41, 5.74) is 8.98. The van der Waals surface area contributed by atoms with Crippen molar-refractivity contribution in [3.63, 3.8) is 0 Å². The van der Waals surface area contributed by atoms with Crippen LogP contribution in [0.5, 0.6) is 0 Å². The van der Waals surface area contributed by atoms with Crippen molar-refractivity contribution in [2.45, 2.75) is 6.92 Å². The number of rotatable bonds is 2. The van der Waals surface area contributed by atoms with Crippen LogP contribution in [0.25, 0.3) is 0 Å². The summed E-state index contributed by atoms with van der Waals surface area (Å²) in [6, 6.07) is 11.9. The first-order valence-corrected chi connectivity index (χ1v) is 7.70. The highest BCUT2D eigenvalue weighted by Gasteiger charge is 2.23. The molecule has 4 nitrogen and oxygen atoms in total. The Balaban J connectivity index is 0.00000156. The van der Waals surface area contributed by atoms with Crippen molar-refractivity contribution >= 4 is 42.1 Å². The third kappa shape index (κ3) is 4.77. The van der Waals surface area contributed by atoms with Gasteiger partial charge in [0, 0.05) is 43.1 Å².